The number of nitrogens with one attached hydrogen (secondary N) is 1. The molecule has 3 rings (SSSR count). The monoisotopic (exact) mass is 397 g/mol. The first kappa shape index (κ1) is 20.6. The summed E-state index contributed by atoms with van der Waals surface area (Å²) in [6.45, 7) is 7.94. The molecule has 0 saturated heterocycles. The third-order valence-electron chi connectivity index (χ3n) is 5.08. The van der Waals surface area contributed by atoms with Gasteiger partial charge >= 0.3 is 6.09 Å². The number of fused-ring (bicyclic) bond motifs is 3. The summed E-state index contributed by atoms with van der Waals surface area (Å²) >= 11 is 0. The van der Waals surface area contributed by atoms with Crippen LogP contribution in [-0.4, -0.2) is 32.9 Å². The largest absolute Gasteiger partial charge is 0.491 e. The van der Waals surface area contributed by atoms with Crippen LogP contribution < -0.4 is 15.6 Å². The van der Waals surface area contributed by atoms with Gasteiger partial charge in [0.05, 0.1) is 22.1 Å². The van der Waals surface area contributed by atoms with Crippen LogP contribution in [0.5, 0.6) is 5.75 Å². The fraction of sp³-hybridized carbons (Fsp3) is 0.409. The summed E-state index contributed by atoms with van der Waals surface area (Å²) in [5.41, 5.74) is 0.761. The van der Waals surface area contributed by atoms with E-state index in [0.717, 1.165) is 22.0 Å². The van der Waals surface area contributed by atoms with Crippen LogP contribution in [-0.2, 0) is 7.05 Å². The molecule has 0 bridgehead atoms. The highest BCUT2D eigenvalue weighted by Crippen LogP contribution is 2.27. The topological polar surface area (TPSA) is 93.5 Å². The van der Waals surface area contributed by atoms with Gasteiger partial charge in [-0.05, 0) is 55.8 Å². The van der Waals surface area contributed by atoms with Gasteiger partial charge in [-0.2, -0.15) is 0 Å². The Morgan fingerprint density at radius 3 is 2.66 bits per heavy atom. The van der Waals surface area contributed by atoms with Crippen molar-refractivity contribution in [1.29, 1.82) is 0 Å². The van der Waals surface area contributed by atoms with Crippen LogP contribution in [0.15, 0.2) is 35.3 Å². The summed E-state index contributed by atoms with van der Waals surface area (Å²) in [4.78, 5) is 28.4. The van der Waals surface area contributed by atoms with E-state index in [1.807, 2.05) is 45.9 Å². The van der Waals surface area contributed by atoms with E-state index in [1.165, 1.54) is 0 Å². The van der Waals surface area contributed by atoms with E-state index >= 15 is 0 Å². The van der Waals surface area contributed by atoms with E-state index in [1.54, 1.807) is 23.9 Å². The Morgan fingerprint density at radius 1 is 1.28 bits per heavy atom. The molecule has 2 aromatic heterocycles. The Morgan fingerprint density at radius 2 is 2.00 bits per heavy atom. The molecule has 2 heterocycles. The van der Waals surface area contributed by atoms with E-state index < -0.39 is 11.6 Å². The van der Waals surface area contributed by atoms with E-state index in [-0.39, 0.29) is 12.2 Å². The van der Waals surface area contributed by atoms with Gasteiger partial charge in [-0.25, -0.2) is 4.79 Å². The van der Waals surface area contributed by atoms with Crippen molar-refractivity contribution in [1.82, 2.24) is 14.9 Å². The minimum absolute atomic E-state index is 0.123. The molecule has 7 heteroatoms. The van der Waals surface area contributed by atoms with Crippen molar-refractivity contribution >= 4 is 27.8 Å². The molecular weight excluding hydrogens is 370 g/mol. The first-order valence-corrected chi connectivity index (χ1v) is 9.63. The maximum absolute atomic E-state index is 12.9. The first-order valence-electron chi connectivity index (χ1n) is 9.63. The Labute approximate surface area is 169 Å². The Hall–Kier alpha value is -3.09. The number of aryl methyl sites for hydroxylation is 2. The molecule has 154 valence electrons. The Balaban J connectivity index is 2.00. The number of amides is 1. The van der Waals surface area contributed by atoms with Crippen LogP contribution >= 0.6 is 0 Å². The smallest absolute Gasteiger partial charge is 0.405 e. The molecular formula is C22H27N3O4. The van der Waals surface area contributed by atoms with Gasteiger partial charge in [0.2, 0.25) is 0 Å². The second kappa shape index (κ2) is 7.73. The van der Waals surface area contributed by atoms with Crippen molar-refractivity contribution in [3.05, 3.63) is 46.5 Å². The normalized spacial score (nSPS) is 13.6. The van der Waals surface area contributed by atoms with Crippen molar-refractivity contribution in [2.75, 3.05) is 6.61 Å². The van der Waals surface area contributed by atoms with Crippen molar-refractivity contribution in [2.24, 2.45) is 13.0 Å². The molecule has 1 aromatic carbocycles. The summed E-state index contributed by atoms with van der Waals surface area (Å²) in [5, 5.41) is 14.1. The lowest BCUT2D eigenvalue weighted by Gasteiger charge is -2.31. The molecule has 3 aromatic rings. The number of rotatable bonds is 6. The average molecular weight is 397 g/mol. The Kier molecular flexibility index (Phi) is 5.50. The predicted molar refractivity (Wildman–Crippen MR) is 114 cm³/mol. The van der Waals surface area contributed by atoms with Crippen molar-refractivity contribution in [3.8, 4) is 5.75 Å². The van der Waals surface area contributed by atoms with Crippen LogP contribution in [0.1, 0.15) is 32.9 Å². The van der Waals surface area contributed by atoms with Gasteiger partial charge in [0, 0.05) is 18.6 Å². The summed E-state index contributed by atoms with van der Waals surface area (Å²) in [6, 6.07) is 7.32. The minimum Gasteiger partial charge on any atom is -0.491 e. The van der Waals surface area contributed by atoms with Gasteiger partial charge in [-0.1, -0.05) is 13.8 Å². The van der Waals surface area contributed by atoms with E-state index in [4.69, 9.17) is 4.74 Å². The van der Waals surface area contributed by atoms with Crippen molar-refractivity contribution < 1.29 is 14.6 Å². The fourth-order valence-electron chi connectivity index (χ4n) is 4.05. The summed E-state index contributed by atoms with van der Waals surface area (Å²) in [6.07, 6.45) is 1.28. The molecule has 1 amide bonds. The molecule has 0 aliphatic heterocycles. The van der Waals surface area contributed by atoms with Gasteiger partial charge in [0.25, 0.3) is 5.56 Å². The molecule has 0 spiro atoms. The average Bonchev–Trinajstić information content (AvgIpc) is 2.63. The predicted octanol–water partition coefficient (Wildman–Crippen LogP) is 3.85. The lowest BCUT2D eigenvalue weighted by Crippen LogP contribution is -2.50. The zero-order valence-electron chi connectivity index (χ0n) is 17.4. The minimum atomic E-state index is -1.08. The van der Waals surface area contributed by atoms with E-state index in [9.17, 15) is 14.7 Å². The van der Waals surface area contributed by atoms with Crippen molar-refractivity contribution in [2.45, 2.75) is 39.7 Å². The zero-order valence-corrected chi connectivity index (χ0v) is 17.4. The number of benzene rings is 1. The quantitative estimate of drug-likeness (QED) is 0.616. The third kappa shape index (κ3) is 4.18. The van der Waals surface area contributed by atoms with E-state index in [2.05, 4.69) is 10.3 Å². The lowest BCUT2D eigenvalue weighted by atomic mass is 9.91. The summed E-state index contributed by atoms with van der Waals surface area (Å²) in [7, 11) is 1.74. The van der Waals surface area contributed by atoms with Crippen LogP contribution in [0.25, 0.3) is 21.7 Å². The molecule has 0 aliphatic rings. The van der Waals surface area contributed by atoms with Gasteiger partial charge < -0.3 is 19.7 Å². The molecule has 0 aliphatic carbocycles. The zero-order chi connectivity index (χ0) is 21.3. The second-order valence-corrected chi connectivity index (χ2v) is 8.24. The number of carbonyl (C=O) groups is 1. The standard InChI is InChI=1S/C22H27N3O4/c1-13(2)11-22(4,24-21(27)28)12-29-15-6-7-16-17-8-9-23-14(3)19(17)25(5)20(26)18(16)10-15/h6-10,13,24H,11-12H2,1-5H3,(H,27,28). The molecule has 1 atom stereocenters. The highest BCUT2D eigenvalue weighted by atomic mass is 16.5. The summed E-state index contributed by atoms with van der Waals surface area (Å²) in [5.74, 6) is 0.824. The number of aromatic nitrogens is 2. The number of hydrogen-bond acceptors (Lipinski definition) is 4. The molecule has 7 nitrogen and oxygen atoms in total. The first-order chi connectivity index (χ1) is 13.6. The van der Waals surface area contributed by atoms with Crippen LogP contribution in [0.3, 0.4) is 0 Å². The second-order valence-electron chi connectivity index (χ2n) is 8.24. The molecule has 2 N–H and O–H groups in total. The lowest BCUT2D eigenvalue weighted by molar-refractivity contribution is 0.143. The van der Waals surface area contributed by atoms with E-state index in [0.29, 0.717) is 23.5 Å². The number of nitrogens with zero attached hydrogens (tertiary/aromatic N) is 2. The number of hydrogen-bond donors (Lipinski definition) is 2. The molecule has 0 saturated carbocycles. The number of pyridine rings is 2. The van der Waals surface area contributed by atoms with Gasteiger partial charge in [-0.15, -0.1) is 0 Å². The Bertz CT molecular complexity index is 1140. The molecule has 29 heavy (non-hydrogen) atoms. The highest BCUT2D eigenvalue weighted by molar-refractivity contribution is 6.06. The van der Waals surface area contributed by atoms with Crippen LogP contribution in [0, 0.1) is 12.8 Å². The summed E-state index contributed by atoms with van der Waals surface area (Å²) < 4.78 is 7.54. The SMILES string of the molecule is Cc1nccc2c3ccc(OCC(C)(CC(C)C)NC(=O)O)cc3c(=O)n(C)c12. The third-order valence-corrected chi connectivity index (χ3v) is 5.08. The maximum Gasteiger partial charge on any atom is 0.405 e. The van der Waals surface area contributed by atoms with Crippen molar-refractivity contribution in [3.63, 3.8) is 0 Å². The maximum atomic E-state index is 12.9. The molecule has 0 fully saturated rings. The fourth-order valence-corrected chi connectivity index (χ4v) is 4.05. The van der Waals surface area contributed by atoms with Gasteiger partial charge in [0.1, 0.15) is 12.4 Å². The molecule has 1 unspecified atom stereocenters. The highest BCUT2D eigenvalue weighted by Gasteiger charge is 2.28. The van der Waals surface area contributed by atoms with Gasteiger partial charge in [-0.3, -0.25) is 9.78 Å². The molecule has 0 radical (unpaired) electrons. The van der Waals surface area contributed by atoms with Crippen LogP contribution in [0.2, 0.25) is 0 Å². The van der Waals surface area contributed by atoms with Crippen LogP contribution in [0.4, 0.5) is 4.79 Å². The van der Waals surface area contributed by atoms with Gasteiger partial charge in [0.15, 0.2) is 0 Å². The number of ether oxygens (including phenoxy) is 1. The number of carboxylic acid groups (broad SMARTS) is 1.